The maximum atomic E-state index is 14.2. The van der Waals surface area contributed by atoms with Crippen molar-refractivity contribution in [2.24, 2.45) is 11.8 Å². The fraction of sp³-hybridized carbons (Fsp3) is 0.429. The van der Waals surface area contributed by atoms with Gasteiger partial charge in [-0.25, -0.2) is 8.78 Å². The molecular formula is C21H32F2O. The maximum absolute atomic E-state index is 14.2. The zero-order valence-corrected chi connectivity index (χ0v) is 15.8. The summed E-state index contributed by atoms with van der Waals surface area (Å²) < 4.78 is 28.3. The second-order valence-electron chi connectivity index (χ2n) is 5.85. The number of aliphatic hydroxyl groups is 1. The highest BCUT2D eigenvalue weighted by atomic mass is 19.2. The zero-order chi connectivity index (χ0) is 19.4. The van der Waals surface area contributed by atoms with Gasteiger partial charge in [-0.1, -0.05) is 73.4 Å². The molecule has 0 aliphatic carbocycles. The highest BCUT2D eigenvalue weighted by Crippen LogP contribution is 2.31. The average molecular weight is 338 g/mol. The summed E-state index contributed by atoms with van der Waals surface area (Å²) >= 11 is 0. The monoisotopic (exact) mass is 338 g/mol. The predicted molar refractivity (Wildman–Crippen MR) is 102 cm³/mol. The first kappa shape index (κ1) is 24.4. The van der Waals surface area contributed by atoms with E-state index in [0.717, 1.165) is 12.8 Å². The van der Waals surface area contributed by atoms with Gasteiger partial charge in [-0.05, 0) is 35.5 Å². The van der Waals surface area contributed by atoms with E-state index < -0.39 is 11.7 Å². The number of rotatable bonds is 9. The van der Waals surface area contributed by atoms with Crippen LogP contribution in [0, 0.1) is 11.8 Å². The van der Waals surface area contributed by atoms with Crippen LogP contribution in [0.25, 0.3) is 0 Å². The second kappa shape index (κ2) is 12.5. The van der Waals surface area contributed by atoms with Gasteiger partial charge >= 0.3 is 0 Å². The SMILES string of the molecule is C=C(O)/C=C\C(=C)C(=C)/C(F)=C(/F)C(=C)C(C)CCC(C)C.CC. The quantitative estimate of drug-likeness (QED) is 0.340. The Balaban J connectivity index is 0. The largest absolute Gasteiger partial charge is 0.509 e. The van der Waals surface area contributed by atoms with E-state index in [4.69, 9.17) is 5.11 Å². The molecule has 1 nitrogen and oxygen atoms in total. The van der Waals surface area contributed by atoms with Crippen molar-refractivity contribution >= 4 is 0 Å². The van der Waals surface area contributed by atoms with E-state index >= 15 is 0 Å². The molecule has 0 rings (SSSR count). The molecule has 0 saturated carbocycles. The molecule has 1 unspecified atom stereocenters. The van der Waals surface area contributed by atoms with Crippen LogP contribution in [0.5, 0.6) is 0 Å². The van der Waals surface area contributed by atoms with Crippen LogP contribution in [0.3, 0.4) is 0 Å². The first-order valence-electron chi connectivity index (χ1n) is 8.26. The molecule has 0 aromatic heterocycles. The van der Waals surface area contributed by atoms with Gasteiger partial charge in [0.05, 0.1) is 0 Å². The van der Waals surface area contributed by atoms with Crippen LogP contribution >= 0.6 is 0 Å². The Morgan fingerprint density at radius 3 is 1.83 bits per heavy atom. The highest BCUT2D eigenvalue weighted by Gasteiger charge is 2.18. The lowest BCUT2D eigenvalue weighted by molar-refractivity contribution is 0.435. The summed E-state index contributed by atoms with van der Waals surface area (Å²) in [5, 5.41) is 8.95. The third-order valence-corrected chi connectivity index (χ3v) is 3.38. The fourth-order valence-corrected chi connectivity index (χ4v) is 1.69. The van der Waals surface area contributed by atoms with E-state index in [-0.39, 0.29) is 28.4 Å². The van der Waals surface area contributed by atoms with E-state index in [2.05, 4.69) is 40.2 Å². The second-order valence-corrected chi connectivity index (χ2v) is 5.85. The van der Waals surface area contributed by atoms with Gasteiger partial charge in [-0.3, -0.25) is 0 Å². The molecule has 0 aromatic rings. The van der Waals surface area contributed by atoms with Gasteiger partial charge in [-0.15, -0.1) is 0 Å². The molecule has 136 valence electrons. The minimum Gasteiger partial charge on any atom is -0.509 e. The Kier molecular flexibility index (Phi) is 12.7. The van der Waals surface area contributed by atoms with Crippen LogP contribution in [0.2, 0.25) is 0 Å². The molecule has 0 saturated heterocycles. The van der Waals surface area contributed by atoms with Crippen molar-refractivity contribution in [3.8, 4) is 0 Å². The summed E-state index contributed by atoms with van der Waals surface area (Å²) in [6, 6.07) is 0. The topological polar surface area (TPSA) is 20.2 Å². The minimum absolute atomic E-state index is 0.127. The normalized spacial score (nSPS) is 13.0. The third kappa shape index (κ3) is 9.29. The van der Waals surface area contributed by atoms with Gasteiger partial charge in [0.25, 0.3) is 0 Å². The lowest BCUT2D eigenvalue weighted by Gasteiger charge is -2.15. The van der Waals surface area contributed by atoms with Crippen molar-refractivity contribution in [2.75, 3.05) is 0 Å². The Morgan fingerprint density at radius 2 is 1.42 bits per heavy atom. The van der Waals surface area contributed by atoms with Crippen molar-refractivity contribution in [2.45, 2.75) is 47.5 Å². The van der Waals surface area contributed by atoms with E-state index in [1.54, 1.807) is 0 Å². The van der Waals surface area contributed by atoms with Gasteiger partial charge in [0, 0.05) is 5.57 Å². The van der Waals surface area contributed by atoms with Gasteiger partial charge < -0.3 is 5.11 Å². The van der Waals surface area contributed by atoms with Crippen molar-refractivity contribution in [3.05, 3.63) is 72.6 Å². The smallest absolute Gasteiger partial charge is 0.166 e. The number of allylic oxidation sites excluding steroid dienone is 7. The van der Waals surface area contributed by atoms with Gasteiger partial charge in [0.1, 0.15) is 5.76 Å². The molecule has 3 heteroatoms. The average Bonchev–Trinajstić information content (AvgIpc) is 2.56. The van der Waals surface area contributed by atoms with Crippen molar-refractivity contribution in [1.29, 1.82) is 0 Å². The molecule has 0 fully saturated rings. The van der Waals surface area contributed by atoms with Gasteiger partial charge in [0.15, 0.2) is 11.7 Å². The van der Waals surface area contributed by atoms with Crippen molar-refractivity contribution in [1.82, 2.24) is 0 Å². The molecule has 0 bridgehead atoms. The first-order chi connectivity index (χ1) is 11.1. The predicted octanol–water partition coefficient (Wildman–Crippen LogP) is 7.53. The summed E-state index contributed by atoms with van der Waals surface area (Å²) in [4.78, 5) is 0. The van der Waals surface area contributed by atoms with Crippen LogP contribution in [0.15, 0.2) is 72.6 Å². The van der Waals surface area contributed by atoms with Crippen LogP contribution in [-0.2, 0) is 0 Å². The molecule has 0 heterocycles. The van der Waals surface area contributed by atoms with Crippen LogP contribution in [0.4, 0.5) is 8.78 Å². The standard InChI is InChI=1S/C19H26F2O.C2H6/c1-12(2)8-9-13(3)16(6)18(20)19(21)17(7)14(4)10-11-15(5)22;1-2/h10-13,22H,4-9H2,1-3H3;1-2H3/b11-10-,19-18-;. The number of hydrogen-bond acceptors (Lipinski definition) is 1. The van der Waals surface area contributed by atoms with Crippen molar-refractivity contribution < 1.29 is 13.9 Å². The summed E-state index contributed by atoms with van der Waals surface area (Å²) in [7, 11) is 0. The molecule has 24 heavy (non-hydrogen) atoms. The molecule has 0 spiro atoms. The number of aliphatic hydroxyl groups excluding tert-OH is 1. The summed E-state index contributed by atoms with van der Waals surface area (Å²) in [6.07, 6.45) is 4.22. The first-order valence-corrected chi connectivity index (χ1v) is 8.26. The van der Waals surface area contributed by atoms with Crippen LogP contribution in [-0.4, -0.2) is 5.11 Å². The van der Waals surface area contributed by atoms with Crippen molar-refractivity contribution in [3.63, 3.8) is 0 Å². The number of hydrogen-bond donors (Lipinski definition) is 1. The fourth-order valence-electron chi connectivity index (χ4n) is 1.69. The number of halogens is 2. The minimum atomic E-state index is -1.07. The Bertz CT molecular complexity index is 522. The molecule has 0 aromatic carbocycles. The van der Waals surface area contributed by atoms with Crippen LogP contribution < -0.4 is 0 Å². The highest BCUT2D eigenvalue weighted by molar-refractivity contribution is 5.50. The van der Waals surface area contributed by atoms with Gasteiger partial charge in [-0.2, -0.15) is 0 Å². The summed E-state index contributed by atoms with van der Waals surface area (Å²) in [5.74, 6) is -1.91. The van der Waals surface area contributed by atoms with E-state index in [9.17, 15) is 8.78 Å². The van der Waals surface area contributed by atoms with Gasteiger partial charge in [0.2, 0.25) is 0 Å². The maximum Gasteiger partial charge on any atom is 0.166 e. The molecule has 1 atom stereocenters. The molecule has 0 aliphatic heterocycles. The lowest BCUT2D eigenvalue weighted by atomic mass is 9.92. The summed E-state index contributed by atoms with van der Waals surface area (Å²) in [5.41, 5.74) is 0.111. The molecule has 0 amide bonds. The Morgan fingerprint density at radius 1 is 0.917 bits per heavy atom. The lowest BCUT2D eigenvalue weighted by Crippen LogP contribution is -2.03. The molecular weight excluding hydrogens is 306 g/mol. The van der Waals surface area contributed by atoms with E-state index in [0.29, 0.717) is 5.92 Å². The summed E-state index contributed by atoms with van der Waals surface area (Å²) in [6.45, 7) is 24.0. The van der Waals surface area contributed by atoms with E-state index in [1.165, 1.54) is 12.2 Å². The van der Waals surface area contributed by atoms with E-state index in [1.807, 2.05) is 20.8 Å². The third-order valence-electron chi connectivity index (χ3n) is 3.38. The zero-order valence-electron chi connectivity index (χ0n) is 15.8. The Hall–Kier alpha value is -1.90. The van der Waals surface area contributed by atoms with Crippen LogP contribution in [0.1, 0.15) is 47.5 Å². The Labute approximate surface area is 146 Å². The molecule has 0 aliphatic rings. The molecule has 0 radical (unpaired) electrons. The molecule has 1 N–H and O–H groups in total.